The van der Waals surface area contributed by atoms with Crippen molar-refractivity contribution < 1.29 is 28.7 Å². The van der Waals surface area contributed by atoms with E-state index in [-0.39, 0.29) is 36.9 Å². The molecule has 0 fully saturated rings. The fraction of sp³-hybridized carbons (Fsp3) is 0.467. The number of carbonyl (C=O) groups is 2. The van der Waals surface area contributed by atoms with Crippen LogP contribution in [0.25, 0.3) is 0 Å². The lowest BCUT2D eigenvalue weighted by atomic mass is 10.2. The average molecular weight is 325 g/mol. The van der Waals surface area contributed by atoms with Crippen molar-refractivity contribution in [3.05, 3.63) is 33.9 Å². The Hall–Kier alpha value is -2.64. The van der Waals surface area contributed by atoms with Crippen molar-refractivity contribution in [2.24, 2.45) is 0 Å². The summed E-state index contributed by atoms with van der Waals surface area (Å²) < 4.78 is 14.7. The Morgan fingerprint density at radius 1 is 1.17 bits per heavy atom. The molecule has 23 heavy (non-hydrogen) atoms. The van der Waals surface area contributed by atoms with E-state index >= 15 is 0 Å². The van der Waals surface area contributed by atoms with Crippen molar-refractivity contribution in [1.29, 1.82) is 0 Å². The van der Waals surface area contributed by atoms with Gasteiger partial charge in [0.2, 0.25) is 0 Å². The fourth-order valence-electron chi connectivity index (χ4n) is 1.81. The molecule has 126 valence electrons. The predicted octanol–water partition coefficient (Wildman–Crippen LogP) is 2.38. The largest absolute Gasteiger partial charge is 0.490 e. The average Bonchev–Trinajstić information content (AvgIpc) is 2.52. The molecular weight excluding hydrogens is 306 g/mol. The Balaban J connectivity index is 2.45. The van der Waals surface area contributed by atoms with E-state index in [1.807, 2.05) is 0 Å². The maximum Gasteiger partial charge on any atom is 0.311 e. The summed E-state index contributed by atoms with van der Waals surface area (Å²) in [4.78, 5) is 33.0. The van der Waals surface area contributed by atoms with Crippen molar-refractivity contribution in [3.63, 3.8) is 0 Å². The zero-order chi connectivity index (χ0) is 17.2. The van der Waals surface area contributed by atoms with Crippen LogP contribution in [0.1, 0.15) is 31.7 Å². The van der Waals surface area contributed by atoms with Gasteiger partial charge in [-0.3, -0.25) is 19.7 Å². The molecule has 1 aromatic rings. The molecule has 0 unspecified atom stereocenters. The first-order valence-electron chi connectivity index (χ1n) is 7.10. The molecule has 0 atom stereocenters. The van der Waals surface area contributed by atoms with Crippen LogP contribution in [-0.4, -0.2) is 30.6 Å². The number of carbonyl (C=O) groups excluding carboxylic acids is 2. The van der Waals surface area contributed by atoms with E-state index in [0.717, 1.165) is 0 Å². The van der Waals surface area contributed by atoms with Gasteiger partial charge in [0.25, 0.3) is 0 Å². The van der Waals surface area contributed by atoms with E-state index in [4.69, 9.17) is 14.2 Å². The number of benzene rings is 1. The van der Waals surface area contributed by atoms with Crippen molar-refractivity contribution in [2.45, 2.75) is 32.8 Å². The number of nitro benzene ring substituents is 1. The second kappa shape index (κ2) is 9.39. The molecule has 8 heteroatoms. The highest BCUT2D eigenvalue weighted by Crippen LogP contribution is 2.27. The van der Waals surface area contributed by atoms with Gasteiger partial charge < -0.3 is 14.2 Å². The van der Waals surface area contributed by atoms with Crippen molar-refractivity contribution in [1.82, 2.24) is 0 Å². The molecule has 0 heterocycles. The van der Waals surface area contributed by atoms with Gasteiger partial charge in [0.05, 0.1) is 18.6 Å². The van der Waals surface area contributed by atoms with E-state index in [1.54, 1.807) is 13.0 Å². The molecule has 0 radical (unpaired) electrons. The molecule has 8 nitrogen and oxygen atoms in total. The highest BCUT2D eigenvalue weighted by Gasteiger charge is 2.16. The second-order valence-corrected chi connectivity index (χ2v) is 4.58. The lowest BCUT2D eigenvalue weighted by Gasteiger charge is -2.07. The molecule has 0 amide bonds. The molecule has 1 rings (SSSR count). The molecule has 0 saturated carbocycles. The summed E-state index contributed by atoms with van der Waals surface area (Å²) in [5.74, 6) is -0.696. The van der Waals surface area contributed by atoms with Gasteiger partial charge in [-0.1, -0.05) is 6.07 Å². The maximum atomic E-state index is 11.6. The van der Waals surface area contributed by atoms with Crippen molar-refractivity contribution in [2.75, 3.05) is 13.7 Å². The smallest absolute Gasteiger partial charge is 0.311 e. The van der Waals surface area contributed by atoms with E-state index in [2.05, 4.69) is 0 Å². The first-order valence-corrected chi connectivity index (χ1v) is 7.10. The summed E-state index contributed by atoms with van der Waals surface area (Å²) in [5.41, 5.74) is 0.291. The summed E-state index contributed by atoms with van der Waals surface area (Å²) in [7, 11) is 1.34. The minimum absolute atomic E-state index is 0.0803. The summed E-state index contributed by atoms with van der Waals surface area (Å²) in [6, 6.07) is 4.32. The quantitative estimate of drug-likeness (QED) is 0.390. The number of methoxy groups -OCH3 is 1. The van der Waals surface area contributed by atoms with Crippen molar-refractivity contribution >= 4 is 17.6 Å². The fourth-order valence-corrected chi connectivity index (χ4v) is 1.81. The third-order valence-corrected chi connectivity index (χ3v) is 2.91. The maximum absolute atomic E-state index is 11.6. The molecule has 0 N–H and O–H groups in total. The van der Waals surface area contributed by atoms with Crippen LogP contribution in [0.4, 0.5) is 5.69 Å². The van der Waals surface area contributed by atoms with Gasteiger partial charge in [-0.15, -0.1) is 0 Å². The van der Waals surface area contributed by atoms with Crippen LogP contribution in [-0.2, 0) is 25.7 Å². The van der Waals surface area contributed by atoms with E-state index in [0.29, 0.717) is 18.6 Å². The van der Waals surface area contributed by atoms with Gasteiger partial charge in [0.1, 0.15) is 6.61 Å². The number of nitro groups is 1. The molecular formula is C15H19NO7. The molecule has 0 spiro atoms. The number of ether oxygens (including phenoxy) is 3. The SMILES string of the molecule is CCOC(=O)CCCC(=O)OCc1ccc(OC)c([N+](=O)[O-])c1. The number of hydrogen-bond donors (Lipinski definition) is 0. The van der Waals surface area contributed by atoms with Crippen LogP contribution < -0.4 is 4.74 Å². The highest BCUT2D eigenvalue weighted by molar-refractivity contribution is 5.72. The second-order valence-electron chi connectivity index (χ2n) is 4.58. The first kappa shape index (κ1) is 18.4. The Kier molecular flexibility index (Phi) is 7.52. The molecule has 0 aromatic heterocycles. The van der Waals surface area contributed by atoms with Crippen molar-refractivity contribution in [3.8, 4) is 5.75 Å². The third kappa shape index (κ3) is 6.33. The van der Waals surface area contributed by atoms with Crippen LogP contribution in [0.2, 0.25) is 0 Å². The monoisotopic (exact) mass is 325 g/mol. The van der Waals surface area contributed by atoms with Gasteiger partial charge in [-0.25, -0.2) is 0 Å². The minimum Gasteiger partial charge on any atom is -0.490 e. The Morgan fingerprint density at radius 3 is 2.39 bits per heavy atom. The Morgan fingerprint density at radius 2 is 1.83 bits per heavy atom. The normalized spacial score (nSPS) is 10.0. The van der Waals surface area contributed by atoms with Gasteiger partial charge in [0, 0.05) is 18.9 Å². The van der Waals surface area contributed by atoms with Crippen LogP contribution in [0.3, 0.4) is 0 Å². The highest BCUT2D eigenvalue weighted by atomic mass is 16.6. The van der Waals surface area contributed by atoms with Gasteiger partial charge in [-0.05, 0) is 25.0 Å². The van der Waals surface area contributed by atoms with Crippen LogP contribution in [0.15, 0.2) is 18.2 Å². The lowest BCUT2D eigenvalue weighted by Crippen LogP contribution is -2.08. The molecule has 0 saturated heterocycles. The van der Waals surface area contributed by atoms with E-state index < -0.39 is 10.9 Å². The Labute approximate surface area is 133 Å². The van der Waals surface area contributed by atoms with Gasteiger partial charge in [-0.2, -0.15) is 0 Å². The third-order valence-electron chi connectivity index (χ3n) is 2.91. The first-order chi connectivity index (χ1) is 11.0. The summed E-state index contributed by atoms with van der Waals surface area (Å²) in [5, 5.41) is 10.9. The number of rotatable bonds is 9. The zero-order valence-corrected chi connectivity index (χ0v) is 13.1. The van der Waals surface area contributed by atoms with E-state index in [9.17, 15) is 19.7 Å². The molecule has 0 bridgehead atoms. The molecule has 1 aromatic carbocycles. The van der Waals surface area contributed by atoms with E-state index in [1.165, 1.54) is 19.2 Å². The van der Waals surface area contributed by atoms with Crippen LogP contribution >= 0.6 is 0 Å². The lowest BCUT2D eigenvalue weighted by molar-refractivity contribution is -0.385. The summed E-state index contributed by atoms with van der Waals surface area (Å²) in [6.07, 6.45) is 0.564. The minimum atomic E-state index is -0.566. The number of hydrogen-bond acceptors (Lipinski definition) is 7. The standard InChI is InChI=1S/C15H19NO7/c1-3-22-14(17)5-4-6-15(18)23-10-11-7-8-13(21-2)12(9-11)16(19)20/h7-9H,3-6,10H2,1-2H3. The summed E-state index contributed by atoms with van der Waals surface area (Å²) >= 11 is 0. The zero-order valence-electron chi connectivity index (χ0n) is 13.1. The van der Waals surface area contributed by atoms with Crippen LogP contribution in [0, 0.1) is 10.1 Å². The van der Waals surface area contributed by atoms with Crippen LogP contribution in [0.5, 0.6) is 5.75 Å². The summed E-state index contributed by atoms with van der Waals surface area (Å²) in [6.45, 7) is 1.93. The molecule has 0 aliphatic rings. The van der Waals surface area contributed by atoms with Gasteiger partial charge >= 0.3 is 17.6 Å². The molecule has 0 aliphatic carbocycles. The number of esters is 2. The van der Waals surface area contributed by atoms with Gasteiger partial charge in [0.15, 0.2) is 5.75 Å². The number of nitrogens with zero attached hydrogens (tertiary/aromatic N) is 1. The predicted molar refractivity (Wildman–Crippen MR) is 79.9 cm³/mol. The topological polar surface area (TPSA) is 105 Å². The molecule has 0 aliphatic heterocycles. The Bertz CT molecular complexity index is 571.